The second-order valence-corrected chi connectivity index (χ2v) is 6.06. The molecule has 0 fully saturated rings. The lowest BCUT2D eigenvalue weighted by molar-refractivity contribution is 0.198. The average molecular weight is 289 g/mol. The van der Waals surface area contributed by atoms with Crippen molar-refractivity contribution in [1.29, 1.82) is 0 Å². The van der Waals surface area contributed by atoms with Gasteiger partial charge in [-0.1, -0.05) is 35.8 Å². The fraction of sp³-hybridized carbons (Fsp3) is 0.500. The van der Waals surface area contributed by atoms with Crippen molar-refractivity contribution in [2.45, 2.75) is 43.4 Å². The van der Waals surface area contributed by atoms with Gasteiger partial charge in [-0.25, -0.2) is 0 Å². The minimum absolute atomic E-state index is 0.415. The normalized spacial score (nSPS) is 15.0. The van der Waals surface area contributed by atoms with Crippen LogP contribution in [0.5, 0.6) is 0 Å². The summed E-state index contributed by atoms with van der Waals surface area (Å²) in [7, 11) is 0. The Bertz CT molecular complexity index is 325. The molecule has 1 unspecified atom stereocenters. The fourth-order valence-corrected chi connectivity index (χ4v) is 3.06. The number of aliphatic hydroxyl groups is 1. The van der Waals surface area contributed by atoms with Crippen LogP contribution in [0.15, 0.2) is 27.6 Å². The predicted octanol–water partition coefficient (Wildman–Crippen LogP) is 4.39. The zero-order chi connectivity index (χ0) is 11.4. The van der Waals surface area contributed by atoms with Crippen molar-refractivity contribution in [3.05, 3.63) is 28.2 Å². The van der Waals surface area contributed by atoms with Crippen LogP contribution in [0.2, 0.25) is 0 Å². The Kier molecular flexibility index (Phi) is 5.16. The van der Waals surface area contributed by atoms with E-state index in [1.165, 1.54) is 11.3 Å². The molecule has 0 heterocycles. The Balaban J connectivity index is 2.82. The van der Waals surface area contributed by atoms with Gasteiger partial charge in [0.2, 0.25) is 0 Å². The third kappa shape index (κ3) is 3.82. The van der Waals surface area contributed by atoms with Gasteiger partial charge in [-0.2, -0.15) is 0 Å². The Morgan fingerprint density at radius 3 is 2.53 bits per heavy atom. The molecule has 0 saturated heterocycles. The first-order chi connectivity index (χ1) is 7.04. The Morgan fingerprint density at radius 1 is 1.40 bits per heavy atom. The van der Waals surface area contributed by atoms with Gasteiger partial charge in [0.05, 0.1) is 6.10 Å². The van der Waals surface area contributed by atoms with Crippen molar-refractivity contribution in [2.24, 2.45) is 0 Å². The zero-order valence-electron chi connectivity index (χ0n) is 9.33. The second kappa shape index (κ2) is 5.92. The molecule has 3 heteroatoms. The van der Waals surface area contributed by atoms with Crippen LogP contribution in [0.3, 0.4) is 0 Å². The van der Waals surface area contributed by atoms with Gasteiger partial charge < -0.3 is 5.11 Å². The summed E-state index contributed by atoms with van der Waals surface area (Å²) in [5, 5.41) is 10.1. The molecule has 0 aliphatic heterocycles. The topological polar surface area (TPSA) is 20.2 Å². The first-order valence-electron chi connectivity index (χ1n) is 5.18. The number of thioether (sulfide) groups is 1. The van der Waals surface area contributed by atoms with E-state index in [-0.39, 0.29) is 0 Å². The highest BCUT2D eigenvalue weighted by Crippen LogP contribution is 2.31. The van der Waals surface area contributed by atoms with Gasteiger partial charge in [0.1, 0.15) is 0 Å². The molecule has 0 bridgehead atoms. The van der Waals surface area contributed by atoms with Crippen LogP contribution in [0.1, 0.15) is 38.9 Å². The summed E-state index contributed by atoms with van der Waals surface area (Å²) in [6.45, 7) is 6.19. The Morgan fingerprint density at radius 2 is 2.07 bits per heavy atom. The number of hydrogen-bond donors (Lipinski definition) is 1. The molecule has 0 amide bonds. The quantitative estimate of drug-likeness (QED) is 0.829. The fourth-order valence-electron chi connectivity index (χ4n) is 1.24. The van der Waals surface area contributed by atoms with Crippen molar-refractivity contribution >= 4 is 27.7 Å². The number of hydrogen-bond acceptors (Lipinski definition) is 2. The molecule has 1 rings (SSSR count). The number of benzene rings is 1. The average Bonchev–Trinajstić information content (AvgIpc) is 2.17. The molecule has 1 N–H and O–H groups in total. The van der Waals surface area contributed by atoms with Crippen LogP contribution < -0.4 is 0 Å². The van der Waals surface area contributed by atoms with Gasteiger partial charge in [0, 0.05) is 14.6 Å². The van der Waals surface area contributed by atoms with E-state index in [4.69, 9.17) is 0 Å². The zero-order valence-corrected chi connectivity index (χ0v) is 11.7. The van der Waals surface area contributed by atoms with Gasteiger partial charge in [-0.15, -0.1) is 11.8 Å². The molecule has 0 spiro atoms. The van der Waals surface area contributed by atoms with E-state index >= 15 is 0 Å². The molecule has 15 heavy (non-hydrogen) atoms. The summed E-state index contributed by atoms with van der Waals surface area (Å²) in [5.41, 5.74) is 0.948. The van der Waals surface area contributed by atoms with E-state index in [9.17, 15) is 5.11 Å². The Hall–Kier alpha value is 0.01000. The third-order valence-corrected chi connectivity index (χ3v) is 4.28. The maximum Gasteiger partial charge on any atom is 0.0772 e. The monoisotopic (exact) mass is 288 g/mol. The van der Waals surface area contributed by atoms with Crippen LogP contribution in [-0.4, -0.2) is 10.4 Å². The van der Waals surface area contributed by atoms with E-state index < -0.39 is 6.10 Å². The van der Waals surface area contributed by atoms with Gasteiger partial charge in [0.15, 0.2) is 0 Å². The third-order valence-electron chi connectivity index (χ3n) is 2.33. The second-order valence-electron chi connectivity index (χ2n) is 3.70. The van der Waals surface area contributed by atoms with Crippen molar-refractivity contribution in [1.82, 2.24) is 0 Å². The summed E-state index contributed by atoms with van der Waals surface area (Å²) < 4.78 is 0.991. The van der Waals surface area contributed by atoms with E-state index in [2.05, 4.69) is 41.9 Å². The number of rotatable bonds is 4. The summed E-state index contributed by atoms with van der Waals surface area (Å²) in [4.78, 5) is 1.25. The van der Waals surface area contributed by atoms with Crippen molar-refractivity contribution in [2.75, 3.05) is 0 Å². The summed E-state index contributed by atoms with van der Waals surface area (Å²) in [5.74, 6) is 0. The molecular formula is C12H17BrOS. The van der Waals surface area contributed by atoms with E-state index in [0.29, 0.717) is 5.25 Å². The molecule has 0 aromatic heterocycles. The lowest BCUT2D eigenvalue weighted by Crippen LogP contribution is -1.95. The largest absolute Gasteiger partial charge is 0.389 e. The molecular weight excluding hydrogens is 272 g/mol. The van der Waals surface area contributed by atoms with E-state index in [1.54, 1.807) is 6.92 Å². The molecule has 2 atom stereocenters. The lowest BCUT2D eigenvalue weighted by atomic mass is 10.1. The van der Waals surface area contributed by atoms with Crippen molar-refractivity contribution < 1.29 is 5.11 Å². The highest BCUT2D eigenvalue weighted by molar-refractivity contribution is 9.10. The molecule has 0 aliphatic rings. The highest BCUT2D eigenvalue weighted by Gasteiger charge is 2.08. The summed E-state index contributed by atoms with van der Waals surface area (Å²) >= 11 is 5.35. The Labute approximate surface area is 104 Å². The highest BCUT2D eigenvalue weighted by atomic mass is 79.9. The predicted molar refractivity (Wildman–Crippen MR) is 70.4 cm³/mol. The summed E-state index contributed by atoms with van der Waals surface area (Å²) in [6.07, 6.45) is 0.752. The minimum Gasteiger partial charge on any atom is -0.389 e. The van der Waals surface area contributed by atoms with Crippen molar-refractivity contribution in [3.63, 3.8) is 0 Å². The van der Waals surface area contributed by atoms with Gasteiger partial charge in [-0.05, 0) is 31.0 Å². The van der Waals surface area contributed by atoms with Crippen LogP contribution in [0, 0.1) is 0 Å². The van der Waals surface area contributed by atoms with E-state index in [1.807, 2.05) is 17.8 Å². The van der Waals surface area contributed by atoms with Crippen LogP contribution >= 0.6 is 27.7 Å². The maximum absolute atomic E-state index is 9.49. The molecule has 1 aromatic carbocycles. The number of aliphatic hydroxyl groups excluding tert-OH is 1. The summed E-state index contributed by atoms with van der Waals surface area (Å²) in [6, 6.07) is 6.14. The van der Waals surface area contributed by atoms with Crippen LogP contribution in [-0.2, 0) is 0 Å². The van der Waals surface area contributed by atoms with Crippen LogP contribution in [0.25, 0.3) is 0 Å². The molecule has 1 aromatic rings. The van der Waals surface area contributed by atoms with Gasteiger partial charge in [0.25, 0.3) is 0 Å². The van der Waals surface area contributed by atoms with Gasteiger partial charge >= 0.3 is 0 Å². The molecule has 0 saturated carbocycles. The van der Waals surface area contributed by atoms with Gasteiger partial charge in [-0.3, -0.25) is 0 Å². The van der Waals surface area contributed by atoms with Crippen LogP contribution in [0.4, 0.5) is 0 Å². The molecule has 0 radical (unpaired) electrons. The van der Waals surface area contributed by atoms with Crippen molar-refractivity contribution in [3.8, 4) is 0 Å². The molecule has 84 valence electrons. The lowest BCUT2D eigenvalue weighted by Gasteiger charge is -2.11. The molecule has 0 aliphatic carbocycles. The maximum atomic E-state index is 9.49. The molecule has 1 nitrogen and oxygen atoms in total. The SMILES string of the molecule is CCC(C)Sc1ccc([C@H](C)O)c(Br)c1. The van der Waals surface area contributed by atoms with E-state index in [0.717, 1.165) is 10.0 Å². The first kappa shape index (κ1) is 13.1. The standard InChI is InChI=1S/C12H17BrOS/c1-4-8(2)15-10-5-6-11(9(3)14)12(13)7-10/h5-9,14H,4H2,1-3H3/t8?,9-/m0/s1. The first-order valence-corrected chi connectivity index (χ1v) is 6.86. The minimum atomic E-state index is -0.415. The number of halogens is 1. The smallest absolute Gasteiger partial charge is 0.0772 e.